The number of hydrogen-bond donors (Lipinski definition) is 2. The Balaban J connectivity index is 2.56. The van der Waals surface area contributed by atoms with Gasteiger partial charge in [0.1, 0.15) is 5.00 Å². The number of anilines is 1. The van der Waals surface area contributed by atoms with E-state index in [9.17, 15) is 9.59 Å². The number of nitrogens with one attached hydrogen (secondary N) is 1. The fourth-order valence-electron chi connectivity index (χ4n) is 1.98. The van der Waals surface area contributed by atoms with Crippen LogP contribution in [0.3, 0.4) is 0 Å². The van der Waals surface area contributed by atoms with E-state index in [4.69, 9.17) is 5.73 Å². The highest BCUT2D eigenvalue weighted by atomic mass is 32.1. The number of benzene rings is 1. The maximum Gasteiger partial charge on any atom is 0.252 e. The second-order valence-electron chi connectivity index (χ2n) is 4.70. The molecule has 1 aromatic heterocycles. The van der Waals surface area contributed by atoms with Gasteiger partial charge < -0.3 is 11.1 Å². The fourth-order valence-corrected chi connectivity index (χ4v) is 3.00. The number of carbonyl (C=O) groups excluding carboxylic acids is 2. The molecule has 2 amide bonds. The van der Waals surface area contributed by atoms with E-state index in [1.807, 2.05) is 37.4 Å². The zero-order chi connectivity index (χ0) is 14.9. The molecule has 0 atom stereocenters. The van der Waals surface area contributed by atoms with Crippen molar-refractivity contribution in [2.75, 3.05) is 5.32 Å². The van der Waals surface area contributed by atoms with Crippen LogP contribution in [0.5, 0.6) is 0 Å². The van der Waals surface area contributed by atoms with Gasteiger partial charge in [-0.3, -0.25) is 9.59 Å². The van der Waals surface area contributed by atoms with Crippen LogP contribution in [0.1, 0.15) is 28.4 Å². The summed E-state index contributed by atoms with van der Waals surface area (Å²) in [4.78, 5) is 22.9. The Morgan fingerprint density at radius 2 is 1.90 bits per heavy atom. The molecule has 0 bridgehead atoms. The third-order valence-electron chi connectivity index (χ3n) is 3.14. The molecular weight excluding hydrogens is 272 g/mol. The summed E-state index contributed by atoms with van der Waals surface area (Å²) in [5.74, 6) is -0.760. The average Bonchev–Trinajstić information content (AvgIpc) is 2.75. The van der Waals surface area contributed by atoms with Crippen molar-refractivity contribution in [3.63, 3.8) is 0 Å². The second kappa shape index (κ2) is 5.46. The number of rotatable bonds is 3. The zero-order valence-electron chi connectivity index (χ0n) is 11.6. The summed E-state index contributed by atoms with van der Waals surface area (Å²) in [5, 5.41) is 4.99. The van der Waals surface area contributed by atoms with E-state index in [0.29, 0.717) is 10.6 Å². The summed E-state index contributed by atoms with van der Waals surface area (Å²) < 4.78 is 0. The van der Waals surface area contributed by atoms with Crippen molar-refractivity contribution in [2.45, 2.75) is 20.8 Å². The number of carbonyl (C=O) groups is 2. The molecule has 2 rings (SSSR count). The van der Waals surface area contributed by atoms with Gasteiger partial charge in [-0.1, -0.05) is 18.2 Å². The smallest absolute Gasteiger partial charge is 0.252 e. The molecule has 5 heteroatoms. The molecule has 2 aromatic rings. The molecular formula is C15H16N2O2S. The number of nitrogens with two attached hydrogens (primary N) is 1. The topological polar surface area (TPSA) is 72.2 Å². The SMILES string of the molecule is CC(=O)Nc1scc(-c2ccc(C)c(C)c2)c1C(N)=O. The molecule has 0 aliphatic carbocycles. The quantitative estimate of drug-likeness (QED) is 0.911. The van der Waals surface area contributed by atoms with Gasteiger partial charge in [-0.15, -0.1) is 11.3 Å². The predicted molar refractivity (Wildman–Crippen MR) is 82.1 cm³/mol. The van der Waals surface area contributed by atoms with Gasteiger partial charge in [-0.25, -0.2) is 0 Å². The van der Waals surface area contributed by atoms with Crippen LogP contribution < -0.4 is 11.1 Å². The Bertz CT molecular complexity index is 689. The molecule has 3 N–H and O–H groups in total. The molecule has 1 aromatic carbocycles. The van der Waals surface area contributed by atoms with E-state index < -0.39 is 5.91 Å². The molecule has 20 heavy (non-hydrogen) atoms. The van der Waals surface area contributed by atoms with Crippen LogP contribution in [0.15, 0.2) is 23.6 Å². The lowest BCUT2D eigenvalue weighted by Gasteiger charge is -2.07. The average molecular weight is 288 g/mol. The van der Waals surface area contributed by atoms with Crippen molar-refractivity contribution in [3.05, 3.63) is 40.3 Å². The Morgan fingerprint density at radius 3 is 2.45 bits per heavy atom. The van der Waals surface area contributed by atoms with Crippen molar-refractivity contribution in [1.29, 1.82) is 0 Å². The highest BCUT2D eigenvalue weighted by Gasteiger charge is 2.18. The van der Waals surface area contributed by atoms with Gasteiger partial charge >= 0.3 is 0 Å². The Labute approximate surface area is 121 Å². The molecule has 0 saturated carbocycles. The summed E-state index contributed by atoms with van der Waals surface area (Å²) >= 11 is 1.30. The Kier molecular flexibility index (Phi) is 3.90. The summed E-state index contributed by atoms with van der Waals surface area (Å²) in [6.45, 7) is 5.45. The summed E-state index contributed by atoms with van der Waals surface area (Å²) in [6.07, 6.45) is 0. The standard InChI is InChI=1S/C15H16N2O2S/c1-8-4-5-11(6-9(8)2)12-7-20-15(17-10(3)18)13(12)14(16)19/h4-7H,1-3H3,(H2,16,19)(H,17,18). The normalized spacial score (nSPS) is 10.3. The molecule has 0 aliphatic rings. The minimum Gasteiger partial charge on any atom is -0.365 e. The van der Waals surface area contributed by atoms with Crippen LogP contribution in [0.4, 0.5) is 5.00 Å². The van der Waals surface area contributed by atoms with Crippen molar-refractivity contribution < 1.29 is 9.59 Å². The molecule has 0 spiro atoms. The first-order valence-corrected chi connectivity index (χ1v) is 7.04. The number of aryl methyl sites for hydroxylation is 2. The van der Waals surface area contributed by atoms with Crippen molar-refractivity contribution >= 4 is 28.2 Å². The lowest BCUT2D eigenvalue weighted by Crippen LogP contribution is -2.15. The van der Waals surface area contributed by atoms with Crippen molar-refractivity contribution in [3.8, 4) is 11.1 Å². The van der Waals surface area contributed by atoms with E-state index in [2.05, 4.69) is 5.32 Å². The second-order valence-corrected chi connectivity index (χ2v) is 5.58. The van der Waals surface area contributed by atoms with Gasteiger partial charge in [0.05, 0.1) is 5.56 Å². The zero-order valence-corrected chi connectivity index (χ0v) is 12.4. The molecule has 0 unspecified atom stereocenters. The lowest BCUT2D eigenvalue weighted by atomic mass is 9.99. The largest absolute Gasteiger partial charge is 0.365 e. The first kappa shape index (κ1) is 14.3. The molecule has 0 radical (unpaired) electrons. The van der Waals surface area contributed by atoms with Gasteiger partial charge in [0.2, 0.25) is 5.91 Å². The van der Waals surface area contributed by atoms with Gasteiger partial charge in [-0.05, 0) is 30.5 Å². The summed E-state index contributed by atoms with van der Waals surface area (Å²) in [5.41, 5.74) is 9.84. The van der Waals surface area contributed by atoms with Crippen LogP contribution in [-0.2, 0) is 4.79 Å². The summed E-state index contributed by atoms with van der Waals surface area (Å²) in [7, 11) is 0. The lowest BCUT2D eigenvalue weighted by molar-refractivity contribution is -0.114. The van der Waals surface area contributed by atoms with Crippen molar-refractivity contribution in [2.24, 2.45) is 5.73 Å². The Morgan fingerprint density at radius 1 is 1.20 bits per heavy atom. The van der Waals surface area contributed by atoms with Crippen LogP contribution in [0.2, 0.25) is 0 Å². The van der Waals surface area contributed by atoms with Crippen LogP contribution in [0, 0.1) is 13.8 Å². The van der Waals surface area contributed by atoms with E-state index in [1.165, 1.54) is 23.8 Å². The minimum atomic E-state index is -0.539. The summed E-state index contributed by atoms with van der Waals surface area (Å²) in [6, 6.07) is 5.97. The third-order valence-corrected chi connectivity index (χ3v) is 4.04. The first-order chi connectivity index (χ1) is 9.40. The van der Waals surface area contributed by atoms with E-state index in [0.717, 1.165) is 16.7 Å². The van der Waals surface area contributed by atoms with E-state index in [1.54, 1.807) is 0 Å². The number of amides is 2. The molecule has 0 fully saturated rings. The van der Waals surface area contributed by atoms with Gasteiger partial charge in [0.15, 0.2) is 0 Å². The first-order valence-electron chi connectivity index (χ1n) is 6.16. The molecule has 0 aliphatic heterocycles. The van der Waals surface area contributed by atoms with Gasteiger partial charge in [0, 0.05) is 17.9 Å². The Hall–Kier alpha value is -2.14. The van der Waals surface area contributed by atoms with Gasteiger partial charge in [-0.2, -0.15) is 0 Å². The van der Waals surface area contributed by atoms with Crippen molar-refractivity contribution in [1.82, 2.24) is 0 Å². The molecule has 1 heterocycles. The monoisotopic (exact) mass is 288 g/mol. The maximum absolute atomic E-state index is 11.7. The molecule has 0 saturated heterocycles. The fraction of sp³-hybridized carbons (Fsp3) is 0.200. The highest BCUT2D eigenvalue weighted by molar-refractivity contribution is 7.15. The van der Waals surface area contributed by atoms with Gasteiger partial charge in [0.25, 0.3) is 5.91 Å². The highest BCUT2D eigenvalue weighted by Crippen LogP contribution is 2.35. The number of thiophene rings is 1. The number of hydrogen-bond acceptors (Lipinski definition) is 3. The number of primary amides is 1. The van der Waals surface area contributed by atoms with E-state index in [-0.39, 0.29) is 5.91 Å². The minimum absolute atomic E-state index is 0.221. The maximum atomic E-state index is 11.7. The van der Waals surface area contributed by atoms with Crippen LogP contribution in [-0.4, -0.2) is 11.8 Å². The predicted octanol–water partition coefficient (Wildman–Crippen LogP) is 3.09. The van der Waals surface area contributed by atoms with Crippen LogP contribution >= 0.6 is 11.3 Å². The molecule has 104 valence electrons. The van der Waals surface area contributed by atoms with Crippen LogP contribution in [0.25, 0.3) is 11.1 Å². The third kappa shape index (κ3) is 2.72. The van der Waals surface area contributed by atoms with E-state index >= 15 is 0 Å². The molecule has 4 nitrogen and oxygen atoms in total.